The lowest BCUT2D eigenvalue weighted by molar-refractivity contribution is 0.234. The summed E-state index contributed by atoms with van der Waals surface area (Å²) in [5.41, 5.74) is 2.47. The van der Waals surface area contributed by atoms with Crippen LogP contribution in [0.1, 0.15) is 17.5 Å². The maximum absolute atomic E-state index is 5.89. The average Bonchev–Trinajstić information content (AvgIpc) is 2.81. The van der Waals surface area contributed by atoms with Crippen molar-refractivity contribution < 1.29 is 4.74 Å². The van der Waals surface area contributed by atoms with Gasteiger partial charge >= 0.3 is 0 Å². The number of nitrogens with zero attached hydrogens (tertiary/aromatic N) is 1. The molecule has 0 saturated carbocycles. The third kappa shape index (κ3) is 4.68. The van der Waals surface area contributed by atoms with Crippen molar-refractivity contribution in [1.82, 2.24) is 10.2 Å². The lowest BCUT2D eigenvalue weighted by Crippen LogP contribution is -2.31. The van der Waals surface area contributed by atoms with Gasteiger partial charge in [-0.15, -0.1) is 12.4 Å². The smallest absolute Gasteiger partial charge is 0.122 e. The highest BCUT2D eigenvalue weighted by Gasteiger charge is 2.20. The number of likely N-dealkylation sites (tertiary alicyclic amines) is 1. The van der Waals surface area contributed by atoms with E-state index in [1.54, 1.807) is 0 Å². The van der Waals surface area contributed by atoms with Crippen LogP contribution in [-0.4, -0.2) is 44.2 Å². The van der Waals surface area contributed by atoms with Crippen LogP contribution in [0.15, 0.2) is 18.2 Å². The second-order valence-corrected chi connectivity index (χ2v) is 5.19. The largest absolute Gasteiger partial charge is 0.492 e. The molecule has 0 aromatic heterocycles. The number of rotatable bonds is 5. The standard InChI is InChI=1S/C15H24N2O.ClH/c1-12-4-5-13(2)15(10-12)18-9-8-17-7-6-14(11-17)16-3;/h4-5,10,14,16H,6-9,11H2,1-3H3;1H. The van der Waals surface area contributed by atoms with Gasteiger partial charge in [-0.2, -0.15) is 0 Å². The normalized spacial score (nSPS) is 19.2. The number of likely N-dealkylation sites (N-methyl/N-ethyl adjacent to an activating group) is 1. The quantitative estimate of drug-likeness (QED) is 0.899. The minimum Gasteiger partial charge on any atom is -0.492 e. The van der Waals surface area contributed by atoms with E-state index in [-0.39, 0.29) is 12.4 Å². The molecule has 0 amide bonds. The molecule has 1 saturated heterocycles. The minimum absolute atomic E-state index is 0. The van der Waals surface area contributed by atoms with Crippen molar-refractivity contribution in [2.75, 3.05) is 33.3 Å². The van der Waals surface area contributed by atoms with E-state index < -0.39 is 0 Å². The van der Waals surface area contributed by atoms with Gasteiger partial charge in [0.25, 0.3) is 0 Å². The zero-order valence-electron chi connectivity index (χ0n) is 12.1. The number of hydrogen-bond donors (Lipinski definition) is 1. The van der Waals surface area contributed by atoms with Crippen LogP contribution in [-0.2, 0) is 0 Å². The van der Waals surface area contributed by atoms with Crippen molar-refractivity contribution in [3.63, 3.8) is 0 Å². The summed E-state index contributed by atoms with van der Waals surface area (Å²) in [6.07, 6.45) is 1.25. The van der Waals surface area contributed by atoms with E-state index in [0.29, 0.717) is 6.04 Å². The molecule has 1 aliphatic heterocycles. The molecule has 1 N–H and O–H groups in total. The van der Waals surface area contributed by atoms with Crippen molar-refractivity contribution in [1.29, 1.82) is 0 Å². The lowest BCUT2D eigenvalue weighted by Gasteiger charge is -2.17. The van der Waals surface area contributed by atoms with Crippen LogP contribution < -0.4 is 10.1 Å². The molecule has 1 atom stereocenters. The molecule has 1 aliphatic rings. The Morgan fingerprint density at radius 2 is 2.16 bits per heavy atom. The molecule has 0 bridgehead atoms. The van der Waals surface area contributed by atoms with Gasteiger partial charge in [0.1, 0.15) is 12.4 Å². The molecule has 1 heterocycles. The van der Waals surface area contributed by atoms with Crippen LogP contribution in [0.4, 0.5) is 0 Å². The van der Waals surface area contributed by atoms with Crippen molar-refractivity contribution in [2.24, 2.45) is 0 Å². The molecule has 0 spiro atoms. The van der Waals surface area contributed by atoms with Crippen LogP contribution in [0, 0.1) is 13.8 Å². The van der Waals surface area contributed by atoms with Gasteiger partial charge in [-0.3, -0.25) is 4.90 Å². The highest BCUT2D eigenvalue weighted by atomic mass is 35.5. The topological polar surface area (TPSA) is 24.5 Å². The number of hydrogen-bond acceptors (Lipinski definition) is 3. The van der Waals surface area contributed by atoms with Crippen molar-refractivity contribution in [2.45, 2.75) is 26.3 Å². The first-order chi connectivity index (χ1) is 8.69. The fraction of sp³-hybridized carbons (Fsp3) is 0.600. The van der Waals surface area contributed by atoms with E-state index in [4.69, 9.17) is 4.74 Å². The number of nitrogens with one attached hydrogen (secondary N) is 1. The predicted molar refractivity (Wildman–Crippen MR) is 82.6 cm³/mol. The molecule has 2 rings (SSSR count). The maximum Gasteiger partial charge on any atom is 0.122 e. The van der Waals surface area contributed by atoms with E-state index in [1.807, 2.05) is 7.05 Å². The van der Waals surface area contributed by atoms with Crippen LogP contribution in [0.25, 0.3) is 0 Å². The molecule has 1 fully saturated rings. The molecule has 19 heavy (non-hydrogen) atoms. The molecule has 3 nitrogen and oxygen atoms in total. The minimum atomic E-state index is 0. The summed E-state index contributed by atoms with van der Waals surface area (Å²) in [5, 5.41) is 3.34. The third-order valence-electron chi connectivity index (χ3n) is 3.69. The van der Waals surface area contributed by atoms with Crippen LogP contribution in [0.3, 0.4) is 0 Å². The summed E-state index contributed by atoms with van der Waals surface area (Å²) in [7, 11) is 2.04. The molecular formula is C15H25ClN2O. The summed E-state index contributed by atoms with van der Waals surface area (Å²) in [6, 6.07) is 7.03. The zero-order valence-corrected chi connectivity index (χ0v) is 12.9. The Balaban J connectivity index is 0.00000180. The van der Waals surface area contributed by atoms with Crippen LogP contribution >= 0.6 is 12.4 Å². The zero-order chi connectivity index (χ0) is 13.0. The van der Waals surface area contributed by atoms with Gasteiger partial charge < -0.3 is 10.1 Å². The maximum atomic E-state index is 5.89. The Hall–Kier alpha value is -0.770. The molecular weight excluding hydrogens is 260 g/mol. The van der Waals surface area contributed by atoms with E-state index in [2.05, 4.69) is 42.3 Å². The van der Waals surface area contributed by atoms with Gasteiger partial charge in [-0.25, -0.2) is 0 Å². The van der Waals surface area contributed by atoms with E-state index >= 15 is 0 Å². The second-order valence-electron chi connectivity index (χ2n) is 5.19. The van der Waals surface area contributed by atoms with Crippen molar-refractivity contribution >= 4 is 12.4 Å². The van der Waals surface area contributed by atoms with E-state index in [1.165, 1.54) is 24.1 Å². The molecule has 1 aromatic carbocycles. The molecule has 0 aliphatic carbocycles. The predicted octanol–water partition coefficient (Wildman–Crippen LogP) is 2.40. The Kier molecular flexibility index (Phi) is 6.63. The summed E-state index contributed by atoms with van der Waals surface area (Å²) >= 11 is 0. The summed E-state index contributed by atoms with van der Waals surface area (Å²) in [4.78, 5) is 2.46. The molecule has 0 radical (unpaired) electrons. The van der Waals surface area contributed by atoms with Gasteiger partial charge in [0, 0.05) is 19.1 Å². The number of halogens is 1. The van der Waals surface area contributed by atoms with E-state index in [9.17, 15) is 0 Å². The molecule has 4 heteroatoms. The number of aryl methyl sites for hydroxylation is 2. The SMILES string of the molecule is CNC1CCN(CCOc2cc(C)ccc2C)C1.Cl. The highest BCUT2D eigenvalue weighted by molar-refractivity contribution is 5.85. The fourth-order valence-corrected chi connectivity index (χ4v) is 2.42. The van der Waals surface area contributed by atoms with Gasteiger partial charge in [-0.05, 0) is 51.1 Å². The molecule has 1 aromatic rings. The van der Waals surface area contributed by atoms with Crippen molar-refractivity contribution in [3.8, 4) is 5.75 Å². The average molecular weight is 285 g/mol. The summed E-state index contributed by atoms with van der Waals surface area (Å²) < 4.78 is 5.89. The third-order valence-corrected chi connectivity index (χ3v) is 3.69. The van der Waals surface area contributed by atoms with Gasteiger partial charge in [0.05, 0.1) is 0 Å². The Labute approximate surface area is 122 Å². The number of benzene rings is 1. The second kappa shape index (κ2) is 7.73. The first-order valence-corrected chi connectivity index (χ1v) is 6.78. The van der Waals surface area contributed by atoms with E-state index in [0.717, 1.165) is 25.4 Å². The van der Waals surface area contributed by atoms with Gasteiger partial charge in [-0.1, -0.05) is 12.1 Å². The van der Waals surface area contributed by atoms with Crippen LogP contribution in [0.5, 0.6) is 5.75 Å². The molecule has 1 unspecified atom stereocenters. The summed E-state index contributed by atoms with van der Waals surface area (Å²) in [6.45, 7) is 8.33. The molecule has 108 valence electrons. The van der Waals surface area contributed by atoms with Gasteiger partial charge in [0.2, 0.25) is 0 Å². The van der Waals surface area contributed by atoms with Gasteiger partial charge in [0.15, 0.2) is 0 Å². The highest BCUT2D eigenvalue weighted by Crippen LogP contribution is 2.19. The summed E-state index contributed by atoms with van der Waals surface area (Å²) in [5.74, 6) is 1.03. The first kappa shape index (κ1) is 16.3. The Morgan fingerprint density at radius 1 is 1.37 bits per heavy atom. The number of ether oxygens (including phenoxy) is 1. The monoisotopic (exact) mass is 284 g/mol. The first-order valence-electron chi connectivity index (χ1n) is 6.78. The lowest BCUT2D eigenvalue weighted by atomic mass is 10.1. The fourth-order valence-electron chi connectivity index (χ4n) is 2.42. The van der Waals surface area contributed by atoms with Crippen LogP contribution in [0.2, 0.25) is 0 Å². The Morgan fingerprint density at radius 3 is 2.84 bits per heavy atom. The Bertz CT molecular complexity index is 398. The van der Waals surface area contributed by atoms with Crippen molar-refractivity contribution in [3.05, 3.63) is 29.3 Å².